The van der Waals surface area contributed by atoms with Crippen molar-refractivity contribution in [3.05, 3.63) is 0 Å². The zero-order chi connectivity index (χ0) is 16.0. The molecule has 0 aromatic heterocycles. The largest absolute Gasteiger partial charge is 0.379 e. The summed E-state index contributed by atoms with van der Waals surface area (Å²) in [5, 5.41) is 3.28. The molecule has 0 amide bonds. The molecule has 2 fully saturated rings. The normalized spacial score (nSPS) is 23.7. The van der Waals surface area contributed by atoms with Gasteiger partial charge in [-0.2, -0.15) is 0 Å². The van der Waals surface area contributed by atoms with E-state index in [1.165, 1.54) is 6.26 Å². The quantitative estimate of drug-likeness (QED) is 0.270. The minimum absolute atomic E-state index is 0. The lowest BCUT2D eigenvalue weighted by molar-refractivity contribution is 0.0195. The van der Waals surface area contributed by atoms with Gasteiger partial charge in [0.1, 0.15) is 9.84 Å². The first kappa shape index (κ1) is 20.9. The van der Waals surface area contributed by atoms with Crippen molar-refractivity contribution in [3.8, 4) is 0 Å². The number of ether oxygens (including phenoxy) is 1. The van der Waals surface area contributed by atoms with Crippen LogP contribution in [0.15, 0.2) is 4.99 Å². The molecular weight excluding hydrogens is 431 g/mol. The minimum Gasteiger partial charge on any atom is -0.379 e. The highest BCUT2D eigenvalue weighted by Crippen LogP contribution is 2.16. The molecule has 2 heterocycles. The standard InChI is InChI=1S/C14H28N4O3S.HI/c1-15-14(16-5-3-11-22(2,19)20)18-6-4-13(12-18)17-7-9-21-10-8-17;/h13H,3-12H2,1-2H3,(H,15,16);1H. The van der Waals surface area contributed by atoms with Crippen molar-refractivity contribution >= 4 is 39.8 Å². The van der Waals surface area contributed by atoms with Gasteiger partial charge in [-0.3, -0.25) is 9.89 Å². The highest BCUT2D eigenvalue weighted by atomic mass is 127. The van der Waals surface area contributed by atoms with Gasteiger partial charge in [-0.1, -0.05) is 0 Å². The van der Waals surface area contributed by atoms with Gasteiger partial charge in [0.25, 0.3) is 0 Å². The lowest BCUT2D eigenvalue weighted by Crippen LogP contribution is -2.46. The predicted octanol–water partition coefficient (Wildman–Crippen LogP) is 0.0210. The Hall–Kier alpha value is -0.130. The lowest BCUT2D eigenvalue weighted by Gasteiger charge is -2.32. The Labute approximate surface area is 156 Å². The molecule has 0 bridgehead atoms. The smallest absolute Gasteiger partial charge is 0.193 e. The SMILES string of the molecule is CN=C(NCCCS(C)(=O)=O)N1CCC(N2CCOCC2)C1.I. The Balaban J connectivity index is 0.00000264. The van der Waals surface area contributed by atoms with Crippen LogP contribution in [0, 0.1) is 0 Å². The zero-order valence-corrected chi connectivity index (χ0v) is 17.2. The molecule has 0 spiro atoms. The molecule has 0 aromatic rings. The van der Waals surface area contributed by atoms with Gasteiger partial charge in [-0.25, -0.2) is 8.42 Å². The number of rotatable bonds is 5. The summed E-state index contributed by atoms with van der Waals surface area (Å²) in [6, 6.07) is 0.568. The Morgan fingerprint density at radius 3 is 2.61 bits per heavy atom. The topological polar surface area (TPSA) is 74.2 Å². The summed E-state index contributed by atoms with van der Waals surface area (Å²) in [6.07, 6.45) is 3.03. The number of morpholine rings is 1. The van der Waals surface area contributed by atoms with Crippen LogP contribution in [-0.4, -0.2) is 95.2 Å². The van der Waals surface area contributed by atoms with E-state index in [0.717, 1.165) is 51.8 Å². The van der Waals surface area contributed by atoms with Crippen LogP contribution in [0.2, 0.25) is 0 Å². The Morgan fingerprint density at radius 2 is 2.00 bits per heavy atom. The molecule has 0 saturated carbocycles. The van der Waals surface area contributed by atoms with Gasteiger partial charge in [0, 0.05) is 52.1 Å². The Morgan fingerprint density at radius 1 is 1.30 bits per heavy atom. The zero-order valence-electron chi connectivity index (χ0n) is 14.0. The molecule has 7 nitrogen and oxygen atoms in total. The van der Waals surface area contributed by atoms with E-state index >= 15 is 0 Å². The van der Waals surface area contributed by atoms with Gasteiger partial charge < -0.3 is 15.0 Å². The number of halogens is 1. The van der Waals surface area contributed by atoms with Gasteiger partial charge in [-0.05, 0) is 12.8 Å². The summed E-state index contributed by atoms with van der Waals surface area (Å²) in [5.41, 5.74) is 0. The van der Waals surface area contributed by atoms with Crippen molar-refractivity contribution in [1.29, 1.82) is 0 Å². The molecule has 2 aliphatic rings. The number of sulfone groups is 1. The number of aliphatic imine (C=N–C) groups is 1. The van der Waals surface area contributed by atoms with E-state index in [1.807, 2.05) is 0 Å². The highest BCUT2D eigenvalue weighted by Gasteiger charge is 2.30. The number of hydrogen-bond donors (Lipinski definition) is 1. The van der Waals surface area contributed by atoms with Crippen molar-refractivity contribution in [2.24, 2.45) is 4.99 Å². The fourth-order valence-corrected chi connectivity index (χ4v) is 3.71. The molecule has 23 heavy (non-hydrogen) atoms. The maximum absolute atomic E-state index is 11.1. The summed E-state index contributed by atoms with van der Waals surface area (Å²) in [6.45, 7) is 6.29. The van der Waals surface area contributed by atoms with E-state index in [1.54, 1.807) is 7.05 Å². The van der Waals surface area contributed by atoms with Crippen LogP contribution < -0.4 is 5.32 Å². The Bertz CT molecular complexity index is 480. The lowest BCUT2D eigenvalue weighted by atomic mass is 10.2. The van der Waals surface area contributed by atoms with Crippen LogP contribution >= 0.6 is 24.0 Å². The van der Waals surface area contributed by atoms with E-state index in [2.05, 4.69) is 20.1 Å². The van der Waals surface area contributed by atoms with E-state index in [-0.39, 0.29) is 29.7 Å². The van der Waals surface area contributed by atoms with Gasteiger partial charge >= 0.3 is 0 Å². The fraction of sp³-hybridized carbons (Fsp3) is 0.929. The maximum atomic E-state index is 11.1. The second-order valence-corrected chi connectivity index (χ2v) is 8.25. The number of guanidine groups is 1. The Kier molecular flexibility index (Phi) is 9.09. The van der Waals surface area contributed by atoms with E-state index in [4.69, 9.17) is 4.74 Å². The molecule has 9 heteroatoms. The minimum atomic E-state index is -2.88. The molecule has 2 aliphatic heterocycles. The fourth-order valence-electron chi connectivity index (χ4n) is 3.04. The number of nitrogens with one attached hydrogen (secondary N) is 1. The molecule has 1 unspecified atom stereocenters. The molecule has 0 radical (unpaired) electrons. The molecule has 136 valence electrons. The van der Waals surface area contributed by atoms with Crippen LogP contribution in [0.25, 0.3) is 0 Å². The van der Waals surface area contributed by atoms with Gasteiger partial charge in [0.15, 0.2) is 5.96 Å². The summed E-state index contributed by atoms with van der Waals surface area (Å²) in [5.74, 6) is 1.09. The van der Waals surface area contributed by atoms with Crippen molar-refractivity contribution in [2.75, 3.05) is 65.0 Å². The monoisotopic (exact) mass is 460 g/mol. The van der Waals surface area contributed by atoms with Crippen LogP contribution in [0.1, 0.15) is 12.8 Å². The second-order valence-electron chi connectivity index (χ2n) is 5.99. The molecule has 1 atom stereocenters. The number of nitrogens with zero attached hydrogens (tertiary/aromatic N) is 3. The van der Waals surface area contributed by atoms with Gasteiger partial charge in [-0.15, -0.1) is 24.0 Å². The molecule has 2 rings (SSSR count). The van der Waals surface area contributed by atoms with Crippen molar-refractivity contribution in [1.82, 2.24) is 15.1 Å². The van der Waals surface area contributed by atoms with Gasteiger partial charge in [0.05, 0.1) is 19.0 Å². The van der Waals surface area contributed by atoms with E-state index in [0.29, 0.717) is 19.0 Å². The maximum Gasteiger partial charge on any atom is 0.193 e. The third-order valence-corrected chi connectivity index (χ3v) is 5.24. The summed E-state index contributed by atoms with van der Waals surface area (Å²) >= 11 is 0. The second kappa shape index (κ2) is 10.00. The first-order valence-electron chi connectivity index (χ1n) is 7.95. The molecular formula is C14H29IN4O3S. The average Bonchev–Trinajstić information content (AvgIpc) is 2.97. The van der Waals surface area contributed by atoms with Crippen molar-refractivity contribution in [3.63, 3.8) is 0 Å². The first-order chi connectivity index (χ1) is 10.5. The van der Waals surface area contributed by atoms with Crippen molar-refractivity contribution < 1.29 is 13.2 Å². The summed E-state index contributed by atoms with van der Waals surface area (Å²) in [4.78, 5) is 9.09. The van der Waals surface area contributed by atoms with Gasteiger partial charge in [0.2, 0.25) is 0 Å². The molecule has 2 saturated heterocycles. The third kappa shape index (κ3) is 7.10. The summed E-state index contributed by atoms with van der Waals surface area (Å²) in [7, 11) is -1.10. The van der Waals surface area contributed by atoms with Crippen LogP contribution in [0.5, 0.6) is 0 Å². The van der Waals surface area contributed by atoms with E-state index < -0.39 is 9.84 Å². The third-order valence-electron chi connectivity index (χ3n) is 4.21. The average molecular weight is 460 g/mol. The molecule has 0 aromatic carbocycles. The number of hydrogen-bond acceptors (Lipinski definition) is 5. The molecule has 0 aliphatic carbocycles. The highest BCUT2D eigenvalue weighted by molar-refractivity contribution is 14.0. The van der Waals surface area contributed by atoms with Crippen molar-refractivity contribution in [2.45, 2.75) is 18.9 Å². The number of likely N-dealkylation sites (tertiary alicyclic amines) is 1. The van der Waals surface area contributed by atoms with Crippen LogP contribution in [0.3, 0.4) is 0 Å². The van der Waals surface area contributed by atoms with E-state index in [9.17, 15) is 8.42 Å². The predicted molar refractivity (Wildman–Crippen MR) is 103 cm³/mol. The molecule has 1 N–H and O–H groups in total. The first-order valence-corrected chi connectivity index (χ1v) is 10.0. The van der Waals surface area contributed by atoms with Crippen LogP contribution in [0.4, 0.5) is 0 Å². The summed E-state index contributed by atoms with van der Waals surface area (Å²) < 4.78 is 27.7. The van der Waals surface area contributed by atoms with Crippen LogP contribution in [-0.2, 0) is 14.6 Å².